The predicted octanol–water partition coefficient (Wildman–Crippen LogP) is 1.64. The Balaban J connectivity index is 1.36. The molecule has 2 N–H and O–H groups in total. The molecule has 1 aliphatic rings. The molecule has 130 valence electrons. The number of nitrogens with zero attached hydrogens (tertiary/aromatic N) is 5. The van der Waals surface area contributed by atoms with Crippen LogP contribution in [0.1, 0.15) is 12.8 Å². The van der Waals surface area contributed by atoms with Gasteiger partial charge in [0.15, 0.2) is 0 Å². The molecular formula is C16H19N7OS. The van der Waals surface area contributed by atoms with E-state index in [0.717, 1.165) is 36.3 Å². The second-order valence-electron chi connectivity index (χ2n) is 6.14. The van der Waals surface area contributed by atoms with Gasteiger partial charge in [-0.2, -0.15) is 4.98 Å². The lowest BCUT2D eigenvalue weighted by atomic mass is 10.1. The molecule has 4 heterocycles. The molecule has 0 atom stereocenters. The van der Waals surface area contributed by atoms with Crippen LogP contribution in [0.4, 0.5) is 5.95 Å². The van der Waals surface area contributed by atoms with Crippen LogP contribution in [0.25, 0.3) is 11.0 Å². The molecule has 8 nitrogen and oxygen atoms in total. The SMILES string of the molecule is Cn1cnc(SN2CCC(Nc3ncc4ccc(=O)[nH]c4n3)CC2)c1. The lowest BCUT2D eigenvalue weighted by Crippen LogP contribution is -2.36. The number of fused-ring (bicyclic) bond motifs is 1. The second kappa shape index (κ2) is 6.85. The van der Waals surface area contributed by atoms with Crippen molar-refractivity contribution < 1.29 is 0 Å². The van der Waals surface area contributed by atoms with Crippen LogP contribution in [0.5, 0.6) is 0 Å². The van der Waals surface area contributed by atoms with E-state index in [4.69, 9.17) is 0 Å². The third-order valence-corrected chi connectivity index (χ3v) is 5.19. The first-order valence-electron chi connectivity index (χ1n) is 8.19. The first kappa shape index (κ1) is 16.1. The smallest absolute Gasteiger partial charge is 0.249 e. The van der Waals surface area contributed by atoms with Crippen molar-refractivity contribution in [3.63, 3.8) is 0 Å². The molecule has 3 aromatic rings. The highest BCUT2D eigenvalue weighted by atomic mass is 32.2. The van der Waals surface area contributed by atoms with Crippen LogP contribution in [0.3, 0.4) is 0 Å². The normalized spacial score (nSPS) is 16.4. The van der Waals surface area contributed by atoms with Crippen molar-refractivity contribution in [3.05, 3.63) is 41.2 Å². The molecule has 0 saturated carbocycles. The molecule has 0 unspecified atom stereocenters. The summed E-state index contributed by atoms with van der Waals surface area (Å²) in [6.07, 6.45) is 7.59. The molecule has 0 aromatic carbocycles. The molecule has 25 heavy (non-hydrogen) atoms. The second-order valence-corrected chi connectivity index (χ2v) is 7.25. The number of aromatic nitrogens is 5. The molecule has 0 bridgehead atoms. The Hall–Kier alpha value is -2.39. The number of nitrogens with one attached hydrogen (secondary N) is 2. The zero-order chi connectivity index (χ0) is 17.2. The van der Waals surface area contributed by atoms with E-state index in [1.54, 1.807) is 24.2 Å². The van der Waals surface area contributed by atoms with Gasteiger partial charge in [0.2, 0.25) is 11.5 Å². The van der Waals surface area contributed by atoms with E-state index in [2.05, 4.69) is 29.6 Å². The van der Waals surface area contributed by atoms with Gasteiger partial charge in [-0.05, 0) is 30.9 Å². The van der Waals surface area contributed by atoms with E-state index in [1.165, 1.54) is 6.07 Å². The minimum Gasteiger partial charge on any atom is -0.351 e. The number of piperidine rings is 1. The highest BCUT2D eigenvalue weighted by Crippen LogP contribution is 2.25. The monoisotopic (exact) mass is 357 g/mol. The van der Waals surface area contributed by atoms with Gasteiger partial charge < -0.3 is 14.9 Å². The molecule has 3 aromatic heterocycles. The van der Waals surface area contributed by atoms with Gasteiger partial charge in [0, 0.05) is 50.0 Å². The fraction of sp³-hybridized carbons (Fsp3) is 0.375. The van der Waals surface area contributed by atoms with Crippen LogP contribution < -0.4 is 10.9 Å². The molecule has 0 radical (unpaired) electrons. The number of rotatable bonds is 4. The molecule has 9 heteroatoms. The van der Waals surface area contributed by atoms with Crippen LogP contribution >= 0.6 is 11.9 Å². The predicted molar refractivity (Wildman–Crippen MR) is 97.4 cm³/mol. The third kappa shape index (κ3) is 3.83. The van der Waals surface area contributed by atoms with Gasteiger partial charge in [-0.15, -0.1) is 0 Å². The van der Waals surface area contributed by atoms with E-state index in [1.807, 2.05) is 24.1 Å². The number of pyridine rings is 1. The minimum absolute atomic E-state index is 0.156. The van der Waals surface area contributed by atoms with Crippen LogP contribution in [0, 0.1) is 0 Å². The minimum atomic E-state index is -0.156. The number of hydrogen-bond donors (Lipinski definition) is 2. The highest BCUT2D eigenvalue weighted by Gasteiger charge is 2.21. The van der Waals surface area contributed by atoms with Gasteiger partial charge in [0.05, 0.1) is 6.33 Å². The van der Waals surface area contributed by atoms with Crippen LogP contribution in [0.2, 0.25) is 0 Å². The van der Waals surface area contributed by atoms with Crippen molar-refractivity contribution in [2.75, 3.05) is 18.4 Å². The number of aryl methyl sites for hydroxylation is 1. The summed E-state index contributed by atoms with van der Waals surface area (Å²) in [5.41, 5.74) is 0.408. The molecule has 1 aliphatic heterocycles. The molecule has 1 saturated heterocycles. The number of hydrogen-bond acceptors (Lipinski definition) is 7. The molecule has 4 rings (SSSR count). The Morgan fingerprint density at radius 1 is 1.28 bits per heavy atom. The Morgan fingerprint density at radius 3 is 2.88 bits per heavy atom. The number of aromatic amines is 1. The Bertz CT molecular complexity index is 929. The number of imidazole rings is 1. The summed E-state index contributed by atoms with van der Waals surface area (Å²) in [6.45, 7) is 1.95. The van der Waals surface area contributed by atoms with Gasteiger partial charge in [0.1, 0.15) is 10.7 Å². The Kier molecular flexibility index (Phi) is 4.41. The third-order valence-electron chi connectivity index (χ3n) is 4.16. The average molecular weight is 357 g/mol. The maximum absolute atomic E-state index is 11.4. The standard InChI is InChI=1S/C16H19N7OS/c1-22-9-14(18-10-22)25-23-6-4-12(5-7-23)19-16-17-8-11-2-3-13(24)20-15(11)21-16/h2-3,8-10,12H,4-7H2,1H3,(H2,17,19,20,21,24). The Morgan fingerprint density at radius 2 is 2.12 bits per heavy atom. The topological polar surface area (TPSA) is 91.7 Å². The Labute approximate surface area is 148 Å². The van der Waals surface area contributed by atoms with E-state index in [0.29, 0.717) is 17.6 Å². The number of anilines is 1. The highest BCUT2D eigenvalue weighted by molar-refractivity contribution is 7.97. The molecule has 0 amide bonds. The van der Waals surface area contributed by atoms with Crippen molar-refractivity contribution in [1.82, 2.24) is 28.8 Å². The van der Waals surface area contributed by atoms with Gasteiger partial charge in [0.25, 0.3) is 0 Å². The number of H-pyrrole nitrogens is 1. The first-order valence-corrected chi connectivity index (χ1v) is 8.96. The fourth-order valence-electron chi connectivity index (χ4n) is 2.85. The largest absolute Gasteiger partial charge is 0.351 e. The van der Waals surface area contributed by atoms with Gasteiger partial charge in [-0.25, -0.2) is 14.3 Å². The molecule has 1 fully saturated rings. The van der Waals surface area contributed by atoms with Crippen molar-refractivity contribution >= 4 is 28.9 Å². The van der Waals surface area contributed by atoms with E-state index < -0.39 is 0 Å². The quantitative estimate of drug-likeness (QED) is 0.686. The van der Waals surface area contributed by atoms with E-state index >= 15 is 0 Å². The maximum atomic E-state index is 11.4. The van der Waals surface area contributed by atoms with Crippen molar-refractivity contribution in [3.8, 4) is 0 Å². The van der Waals surface area contributed by atoms with Gasteiger partial charge in [-0.3, -0.25) is 4.79 Å². The maximum Gasteiger partial charge on any atom is 0.249 e. The van der Waals surface area contributed by atoms with E-state index in [-0.39, 0.29) is 5.56 Å². The molecule has 0 aliphatic carbocycles. The zero-order valence-corrected chi connectivity index (χ0v) is 14.7. The summed E-state index contributed by atoms with van der Waals surface area (Å²) in [6, 6.07) is 3.53. The van der Waals surface area contributed by atoms with Crippen molar-refractivity contribution in [1.29, 1.82) is 0 Å². The molecule has 0 spiro atoms. The van der Waals surface area contributed by atoms with Crippen LogP contribution in [-0.2, 0) is 7.05 Å². The van der Waals surface area contributed by atoms with Crippen LogP contribution in [0.15, 0.2) is 40.7 Å². The van der Waals surface area contributed by atoms with Gasteiger partial charge >= 0.3 is 0 Å². The summed E-state index contributed by atoms with van der Waals surface area (Å²) < 4.78 is 4.29. The summed E-state index contributed by atoms with van der Waals surface area (Å²) in [7, 11) is 1.98. The molecular weight excluding hydrogens is 338 g/mol. The lowest BCUT2D eigenvalue weighted by Gasteiger charge is -2.30. The average Bonchev–Trinajstić information content (AvgIpc) is 3.01. The van der Waals surface area contributed by atoms with Crippen molar-refractivity contribution in [2.24, 2.45) is 7.05 Å². The first-order chi connectivity index (χ1) is 12.2. The summed E-state index contributed by atoms with van der Waals surface area (Å²) in [5.74, 6) is 0.560. The van der Waals surface area contributed by atoms with Crippen LogP contribution in [-0.4, -0.2) is 47.9 Å². The summed E-state index contributed by atoms with van der Waals surface area (Å²) >= 11 is 1.70. The zero-order valence-electron chi connectivity index (χ0n) is 13.8. The summed E-state index contributed by atoms with van der Waals surface area (Å²) in [5, 5.41) is 5.23. The van der Waals surface area contributed by atoms with Crippen molar-refractivity contribution in [2.45, 2.75) is 23.9 Å². The summed E-state index contributed by atoms with van der Waals surface area (Å²) in [4.78, 5) is 27.3. The van der Waals surface area contributed by atoms with Gasteiger partial charge in [-0.1, -0.05) is 0 Å². The fourth-order valence-corrected chi connectivity index (χ4v) is 3.81. The lowest BCUT2D eigenvalue weighted by molar-refractivity contribution is 0.357. The van der Waals surface area contributed by atoms with E-state index in [9.17, 15) is 4.79 Å².